The molecule has 3 rings (SSSR count). The van der Waals surface area contributed by atoms with E-state index in [9.17, 15) is 19.7 Å². The number of non-ortho nitro benzene ring substituents is 1. The van der Waals surface area contributed by atoms with Gasteiger partial charge >= 0.3 is 0 Å². The van der Waals surface area contributed by atoms with Gasteiger partial charge in [-0.05, 0) is 47.9 Å². The molecule has 0 aliphatic carbocycles. The normalized spacial score (nSPS) is 10.6. The molecule has 0 saturated heterocycles. The average Bonchev–Trinajstić information content (AvgIpc) is 2.79. The van der Waals surface area contributed by atoms with E-state index in [0.717, 1.165) is 5.56 Å². The predicted octanol–water partition coefficient (Wildman–Crippen LogP) is 4.22. The van der Waals surface area contributed by atoms with Crippen LogP contribution in [0, 0.1) is 10.1 Å². The molecule has 0 aliphatic heterocycles. The summed E-state index contributed by atoms with van der Waals surface area (Å²) in [5, 5.41) is 16.3. The van der Waals surface area contributed by atoms with Crippen LogP contribution in [-0.4, -0.2) is 23.3 Å². The molecule has 0 saturated carbocycles. The summed E-state index contributed by atoms with van der Waals surface area (Å²) in [5.74, 6) is -0.686. The first-order valence-corrected chi connectivity index (χ1v) is 9.67. The number of carbonyl (C=O) groups excluding carboxylic acids is 2. The molecule has 0 fully saturated rings. The molecule has 3 aromatic rings. The molecule has 0 spiro atoms. The van der Waals surface area contributed by atoms with Crippen molar-refractivity contribution in [2.75, 3.05) is 11.9 Å². The smallest absolute Gasteiger partial charge is 0.269 e. The quantitative estimate of drug-likeness (QED) is 0.327. The van der Waals surface area contributed by atoms with Crippen molar-refractivity contribution in [3.8, 4) is 0 Å². The summed E-state index contributed by atoms with van der Waals surface area (Å²) in [7, 11) is 0. The number of hydrogen-bond acceptors (Lipinski definition) is 4. The summed E-state index contributed by atoms with van der Waals surface area (Å²) >= 11 is 0. The van der Waals surface area contributed by atoms with Crippen LogP contribution < -0.4 is 10.6 Å². The first-order valence-electron chi connectivity index (χ1n) is 9.67. The highest BCUT2D eigenvalue weighted by Gasteiger charge is 2.12. The van der Waals surface area contributed by atoms with E-state index in [0.29, 0.717) is 29.8 Å². The highest BCUT2D eigenvalue weighted by atomic mass is 16.6. The highest BCUT2D eigenvalue weighted by Crippen LogP contribution is 2.16. The van der Waals surface area contributed by atoms with Crippen LogP contribution in [0.1, 0.15) is 21.5 Å². The van der Waals surface area contributed by atoms with Gasteiger partial charge in [0, 0.05) is 24.8 Å². The molecular weight excluding hydrogens is 394 g/mol. The topological polar surface area (TPSA) is 101 Å². The average molecular weight is 415 g/mol. The van der Waals surface area contributed by atoms with Gasteiger partial charge in [-0.15, -0.1) is 0 Å². The Morgan fingerprint density at radius 2 is 1.58 bits per heavy atom. The van der Waals surface area contributed by atoms with Crippen molar-refractivity contribution < 1.29 is 14.5 Å². The second kappa shape index (κ2) is 10.5. The third kappa shape index (κ3) is 6.37. The van der Waals surface area contributed by atoms with Crippen molar-refractivity contribution in [1.29, 1.82) is 0 Å². The predicted molar refractivity (Wildman–Crippen MR) is 120 cm³/mol. The SMILES string of the molecule is O=C(/C=C/c1ccc([N+](=O)[O-])cc1)Nc1ccccc1C(=O)NCCc1ccccc1. The summed E-state index contributed by atoms with van der Waals surface area (Å²) in [4.78, 5) is 35.1. The van der Waals surface area contributed by atoms with Crippen molar-refractivity contribution in [3.05, 3.63) is 112 Å². The van der Waals surface area contributed by atoms with E-state index in [1.54, 1.807) is 42.5 Å². The summed E-state index contributed by atoms with van der Waals surface area (Å²) in [6.07, 6.45) is 3.56. The minimum Gasteiger partial charge on any atom is -0.352 e. The molecule has 7 heteroatoms. The summed E-state index contributed by atoms with van der Waals surface area (Å²) in [6.45, 7) is 0.477. The Morgan fingerprint density at radius 3 is 2.29 bits per heavy atom. The highest BCUT2D eigenvalue weighted by molar-refractivity contribution is 6.07. The van der Waals surface area contributed by atoms with Gasteiger partial charge in [-0.3, -0.25) is 19.7 Å². The van der Waals surface area contributed by atoms with Crippen molar-refractivity contribution >= 4 is 29.3 Å². The molecule has 0 heterocycles. The van der Waals surface area contributed by atoms with Gasteiger partial charge in [-0.1, -0.05) is 42.5 Å². The monoisotopic (exact) mass is 415 g/mol. The molecule has 0 aromatic heterocycles. The molecular formula is C24H21N3O4. The van der Waals surface area contributed by atoms with E-state index in [1.807, 2.05) is 30.3 Å². The van der Waals surface area contributed by atoms with Crippen molar-refractivity contribution in [2.45, 2.75) is 6.42 Å². The maximum absolute atomic E-state index is 12.6. The number of anilines is 1. The zero-order chi connectivity index (χ0) is 22.1. The maximum atomic E-state index is 12.6. The molecule has 7 nitrogen and oxygen atoms in total. The molecule has 2 amide bonds. The number of hydrogen-bond donors (Lipinski definition) is 2. The van der Waals surface area contributed by atoms with Gasteiger partial charge in [0.1, 0.15) is 0 Å². The number of benzene rings is 3. The van der Waals surface area contributed by atoms with E-state index < -0.39 is 10.8 Å². The number of carbonyl (C=O) groups is 2. The van der Waals surface area contributed by atoms with Crippen LogP contribution in [0.25, 0.3) is 6.08 Å². The lowest BCUT2D eigenvalue weighted by molar-refractivity contribution is -0.384. The van der Waals surface area contributed by atoms with Gasteiger partial charge in [0.05, 0.1) is 16.2 Å². The number of nitrogens with one attached hydrogen (secondary N) is 2. The molecule has 0 unspecified atom stereocenters. The minimum atomic E-state index is -0.484. The van der Waals surface area contributed by atoms with Gasteiger partial charge in [-0.25, -0.2) is 0 Å². The molecule has 0 bridgehead atoms. The van der Waals surface area contributed by atoms with Gasteiger partial charge in [0.15, 0.2) is 0 Å². The van der Waals surface area contributed by atoms with Crippen LogP contribution in [0.3, 0.4) is 0 Å². The molecule has 156 valence electrons. The summed E-state index contributed by atoms with van der Waals surface area (Å²) in [5.41, 5.74) is 2.52. The number of nitro benzene ring substituents is 1. The largest absolute Gasteiger partial charge is 0.352 e. The Morgan fingerprint density at radius 1 is 0.903 bits per heavy atom. The van der Waals surface area contributed by atoms with Crippen molar-refractivity contribution in [2.24, 2.45) is 0 Å². The Hall–Kier alpha value is -4.26. The van der Waals surface area contributed by atoms with E-state index in [1.165, 1.54) is 18.2 Å². The lowest BCUT2D eigenvalue weighted by Gasteiger charge is -2.10. The number of rotatable bonds is 8. The second-order valence-corrected chi connectivity index (χ2v) is 6.71. The molecule has 2 N–H and O–H groups in total. The first kappa shape index (κ1) is 21.4. The lowest BCUT2D eigenvalue weighted by Crippen LogP contribution is -2.27. The van der Waals surface area contributed by atoms with Gasteiger partial charge < -0.3 is 10.6 Å². The van der Waals surface area contributed by atoms with Crippen LogP contribution in [0.2, 0.25) is 0 Å². The minimum absolute atomic E-state index is 0.0196. The fourth-order valence-electron chi connectivity index (χ4n) is 2.90. The first-order chi connectivity index (χ1) is 15.0. The molecule has 0 aliphatic rings. The molecule has 0 radical (unpaired) electrons. The van der Waals surface area contributed by atoms with Crippen molar-refractivity contribution in [1.82, 2.24) is 5.32 Å². The molecule has 31 heavy (non-hydrogen) atoms. The Balaban J connectivity index is 1.59. The summed E-state index contributed by atoms with van der Waals surface area (Å²) < 4.78 is 0. The zero-order valence-corrected chi connectivity index (χ0v) is 16.7. The van der Waals surface area contributed by atoms with Crippen LogP contribution in [-0.2, 0) is 11.2 Å². The van der Waals surface area contributed by atoms with Gasteiger partial charge in [0.25, 0.3) is 11.6 Å². The number of nitrogens with zero attached hydrogens (tertiary/aromatic N) is 1. The van der Waals surface area contributed by atoms with E-state index in [2.05, 4.69) is 10.6 Å². The zero-order valence-electron chi connectivity index (χ0n) is 16.7. The fourth-order valence-corrected chi connectivity index (χ4v) is 2.90. The number of para-hydroxylation sites is 1. The second-order valence-electron chi connectivity index (χ2n) is 6.71. The van der Waals surface area contributed by atoms with Crippen LogP contribution in [0.4, 0.5) is 11.4 Å². The van der Waals surface area contributed by atoms with Crippen molar-refractivity contribution in [3.63, 3.8) is 0 Å². The third-order valence-electron chi connectivity index (χ3n) is 4.50. The van der Waals surface area contributed by atoms with Gasteiger partial charge in [0.2, 0.25) is 5.91 Å². The van der Waals surface area contributed by atoms with E-state index in [-0.39, 0.29) is 11.6 Å². The van der Waals surface area contributed by atoms with Crippen LogP contribution in [0.5, 0.6) is 0 Å². The summed E-state index contributed by atoms with van der Waals surface area (Å²) in [6, 6.07) is 22.4. The maximum Gasteiger partial charge on any atom is 0.269 e. The number of nitro groups is 1. The van der Waals surface area contributed by atoms with E-state index >= 15 is 0 Å². The lowest BCUT2D eigenvalue weighted by atomic mass is 10.1. The standard InChI is InChI=1S/C24H21N3O4/c28-23(15-12-19-10-13-20(14-11-19)27(30)31)26-22-9-5-4-8-21(22)24(29)25-17-16-18-6-2-1-3-7-18/h1-15H,16-17H2,(H,25,29)(H,26,28)/b15-12+. The molecule has 3 aromatic carbocycles. The number of amides is 2. The molecule has 0 atom stereocenters. The Kier molecular flexibility index (Phi) is 7.26. The third-order valence-corrected chi connectivity index (χ3v) is 4.50. The Bertz CT molecular complexity index is 1090. The van der Waals surface area contributed by atoms with Gasteiger partial charge in [-0.2, -0.15) is 0 Å². The van der Waals surface area contributed by atoms with E-state index in [4.69, 9.17) is 0 Å². The fraction of sp³-hybridized carbons (Fsp3) is 0.0833. The van der Waals surface area contributed by atoms with Crippen LogP contribution in [0.15, 0.2) is 84.9 Å². The van der Waals surface area contributed by atoms with Crippen LogP contribution >= 0.6 is 0 Å². The Labute approximate surface area is 179 Å².